The molecule has 1 aliphatic rings. The van der Waals surface area contributed by atoms with E-state index in [1.165, 1.54) is 0 Å². The number of aryl methyl sites for hydroxylation is 1. The maximum absolute atomic E-state index is 12.2. The molecular formula is C16H28N4O3. The summed E-state index contributed by atoms with van der Waals surface area (Å²) in [5.41, 5.74) is 0. The van der Waals surface area contributed by atoms with Gasteiger partial charge in [0.05, 0.1) is 6.10 Å². The van der Waals surface area contributed by atoms with Crippen LogP contribution in [0.25, 0.3) is 0 Å². The first-order valence-electron chi connectivity index (χ1n) is 8.39. The number of piperidine rings is 1. The smallest absolute Gasteiger partial charge is 0.317 e. The summed E-state index contributed by atoms with van der Waals surface area (Å²) < 4.78 is 10.6. The zero-order chi connectivity index (χ0) is 16.8. The van der Waals surface area contributed by atoms with Crippen molar-refractivity contribution in [1.29, 1.82) is 0 Å². The normalized spacial score (nSPS) is 21.7. The molecule has 0 spiro atoms. The number of carbonyl (C=O) groups excluding carboxylic acids is 1. The molecule has 130 valence electrons. The number of rotatable bonds is 6. The number of hydrogen-bond acceptors (Lipinski definition) is 5. The highest BCUT2D eigenvalue weighted by Crippen LogP contribution is 2.19. The lowest BCUT2D eigenvalue weighted by Gasteiger charge is -2.36. The molecular weight excluding hydrogens is 296 g/mol. The molecule has 2 rings (SSSR count). The molecule has 0 aromatic carbocycles. The molecule has 1 N–H and O–H groups in total. The van der Waals surface area contributed by atoms with Gasteiger partial charge in [0.2, 0.25) is 5.89 Å². The van der Waals surface area contributed by atoms with Crippen LogP contribution in [0, 0.1) is 5.92 Å². The van der Waals surface area contributed by atoms with Crippen molar-refractivity contribution in [2.45, 2.75) is 52.1 Å². The molecule has 0 bridgehead atoms. The second-order valence-electron chi connectivity index (χ2n) is 6.52. The standard InChI is InChI=1S/C16H28N4O3/c1-11(2)15-18-14(23-19-15)6-5-8-17-16(21)20-9-7-12(3)13(10-20)22-4/h11-13H,5-10H2,1-4H3,(H,17,21). The summed E-state index contributed by atoms with van der Waals surface area (Å²) in [6.45, 7) is 8.27. The Labute approximate surface area is 137 Å². The number of nitrogens with zero attached hydrogens (tertiary/aromatic N) is 3. The van der Waals surface area contributed by atoms with Crippen molar-refractivity contribution in [3.8, 4) is 0 Å². The van der Waals surface area contributed by atoms with Crippen LogP contribution in [0.3, 0.4) is 0 Å². The Bertz CT molecular complexity index is 503. The fraction of sp³-hybridized carbons (Fsp3) is 0.812. The van der Waals surface area contributed by atoms with Crippen molar-refractivity contribution >= 4 is 6.03 Å². The largest absolute Gasteiger partial charge is 0.379 e. The Kier molecular flexibility index (Phi) is 6.38. The van der Waals surface area contributed by atoms with Crippen LogP contribution < -0.4 is 5.32 Å². The maximum atomic E-state index is 12.2. The monoisotopic (exact) mass is 324 g/mol. The SMILES string of the molecule is COC1CN(C(=O)NCCCc2nc(C(C)C)no2)CCC1C. The first-order valence-corrected chi connectivity index (χ1v) is 8.39. The Hall–Kier alpha value is -1.63. The van der Waals surface area contributed by atoms with Crippen LogP contribution in [0.4, 0.5) is 4.79 Å². The number of methoxy groups -OCH3 is 1. The molecule has 1 saturated heterocycles. The van der Waals surface area contributed by atoms with E-state index in [9.17, 15) is 4.79 Å². The van der Waals surface area contributed by atoms with Gasteiger partial charge < -0.3 is 19.5 Å². The van der Waals surface area contributed by atoms with E-state index in [4.69, 9.17) is 9.26 Å². The molecule has 2 heterocycles. The van der Waals surface area contributed by atoms with Gasteiger partial charge in [0.25, 0.3) is 0 Å². The van der Waals surface area contributed by atoms with Crippen molar-refractivity contribution in [2.75, 3.05) is 26.7 Å². The van der Waals surface area contributed by atoms with E-state index in [2.05, 4.69) is 22.4 Å². The molecule has 1 aliphatic heterocycles. The zero-order valence-corrected chi connectivity index (χ0v) is 14.5. The van der Waals surface area contributed by atoms with Crippen LogP contribution in [0.5, 0.6) is 0 Å². The fourth-order valence-corrected chi connectivity index (χ4v) is 2.68. The van der Waals surface area contributed by atoms with Crippen molar-refractivity contribution in [1.82, 2.24) is 20.4 Å². The summed E-state index contributed by atoms with van der Waals surface area (Å²) in [6, 6.07) is -0.0210. The van der Waals surface area contributed by atoms with Crippen LogP contribution in [-0.4, -0.2) is 53.9 Å². The summed E-state index contributed by atoms with van der Waals surface area (Å²) in [6.07, 6.45) is 2.56. The molecule has 0 aliphatic carbocycles. The van der Waals surface area contributed by atoms with E-state index in [0.29, 0.717) is 31.3 Å². The summed E-state index contributed by atoms with van der Waals surface area (Å²) in [7, 11) is 1.71. The van der Waals surface area contributed by atoms with Crippen LogP contribution in [0.2, 0.25) is 0 Å². The van der Waals surface area contributed by atoms with E-state index in [1.807, 2.05) is 18.7 Å². The molecule has 2 unspecified atom stereocenters. The first-order chi connectivity index (χ1) is 11.0. The highest BCUT2D eigenvalue weighted by atomic mass is 16.5. The predicted molar refractivity (Wildman–Crippen MR) is 86.3 cm³/mol. The van der Waals surface area contributed by atoms with Crippen molar-refractivity contribution in [3.63, 3.8) is 0 Å². The number of hydrogen-bond donors (Lipinski definition) is 1. The fourth-order valence-electron chi connectivity index (χ4n) is 2.68. The number of nitrogens with one attached hydrogen (secondary N) is 1. The van der Waals surface area contributed by atoms with Gasteiger partial charge in [-0.3, -0.25) is 0 Å². The number of carbonyl (C=O) groups is 1. The molecule has 1 fully saturated rings. The minimum Gasteiger partial charge on any atom is -0.379 e. The van der Waals surface area contributed by atoms with Gasteiger partial charge in [-0.05, 0) is 18.8 Å². The Morgan fingerprint density at radius 2 is 2.30 bits per heavy atom. The molecule has 23 heavy (non-hydrogen) atoms. The lowest BCUT2D eigenvalue weighted by molar-refractivity contribution is 0.00720. The van der Waals surface area contributed by atoms with Crippen LogP contribution in [0.1, 0.15) is 51.2 Å². The highest BCUT2D eigenvalue weighted by Gasteiger charge is 2.28. The van der Waals surface area contributed by atoms with E-state index in [1.54, 1.807) is 7.11 Å². The second-order valence-corrected chi connectivity index (χ2v) is 6.52. The molecule has 1 aromatic heterocycles. The summed E-state index contributed by atoms with van der Waals surface area (Å²) in [4.78, 5) is 18.3. The van der Waals surface area contributed by atoms with E-state index >= 15 is 0 Å². The minimum absolute atomic E-state index is 0.0210. The van der Waals surface area contributed by atoms with Crippen LogP contribution in [-0.2, 0) is 11.2 Å². The average Bonchev–Trinajstić information content (AvgIpc) is 3.01. The van der Waals surface area contributed by atoms with Crippen molar-refractivity contribution < 1.29 is 14.1 Å². The molecule has 2 atom stereocenters. The predicted octanol–water partition coefficient (Wildman–Crippen LogP) is 2.19. The van der Waals surface area contributed by atoms with Gasteiger partial charge in [-0.2, -0.15) is 4.98 Å². The number of ether oxygens (including phenoxy) is 1. The van der Waals surface area contributed by atoms with E-state index < -0.39 is 0 Å². The first kappa shape index (κ1) is 17.7. The van der Waals surface area contributed by atoms with Gasteiger partial charge in [0, 0.05) is 39.1 Å². The van der Waals surface area contributed by atoms with Gasteiger partial charge in [0.15, 0.2) is 5.82 Å². The topological polar surface area (TPSA) is 80.5 Å². The Morgan fingerprint density at radius 3 is 2.96 bits per heavy atom. The summed E-state index contributed by atoms with van der Waals surface area (Å²) >= 11 is 0. The third-order valence-electron chi connectivity index (χ3n) is 4.32. The lowest BCUT2D eigenvalue weighted by atomic mass is 9.96. The highest BCUT2D eigenvalue weighted by molar-refractivity contribution is 5.74. The maximum Gasteiger partial charge on any atom is 0.317 e. The molecule has 7 heteroatoms. The number of amides is 2. The lowest BCUT2D eigenvalue weighted by Crippen LogP contribution is -2.50. The number of aromatic nitrogens is 2. The van der Waals surface area contributed by atoms with Gasteiger partial charge >= 0.3 is 6.03 Å². The molecule has 7 nitrogen and oxygen atoms in total. The van der Waals surface area contributed by atoms with Gasteiger partial charge in [0.1, 0.15) is 0 Å². The van der Waals surface area contributed by atoms with Crippen molar-refractivity contribution in [3.05, 3.63) is 11.7 Å². The average molecular weight is 324 g/mol. The number of urea groups is 1. The van der Waals surface area contributed by atoms with Gasteiger partial charge in [-0.15, -0.1) is 0 Å². The molecule has 1 aromatic rings. The van der Waals surface area contributed by atoms with E-state index in [0.717, 1.165) is 25.2 Å². The van der Waals surface area contributed by atoms with E-state index in [-0.39, 0.29) is 18.1 Å². The molecule has 0 saturated carbocycles. The quantitative estimate of drug-likeness (QED) is 0.811. The van der Waals surface area contributed by atoms with Crippen molar-refractivity contribution in [2.24, 2.45) is 5.92 Å². The Morgan fingerprint density at radius 1 is 1.52 bits per heavy atom. The van der Waals surface area contributed by atoms with Crippen LogP contribution in [0.15, 0.2) is 4.52 Å². The molecule has 2 amide bonds. The zero-order valence-electron chi connectivity index (χ0n) is 14.5. The summed E-state index contributed by atoms with van der Waals surface area (Å²) in [5.74, 6) is 2.13. The van der Waals surface area contributed by atoms with Gasteiger partial charge in [-0.1, -0.05) is 25.9 Å². The second kappa shape index (κ2) is 8.29. The Balaban J connectivity index is 1.68. The molecule has 0 radical (unpaired) electrons. The number of likely N-dealkylation sites (tertiary alicyclic amines) is 1. The third-order valence-corrected chi connectivity index (χ3v) is 4.32. The van der Waals surface area contributed by atoms with Gasteiger partial charge in [-0.25, -0.2) is 4.79 Å². The van der Waals surface area contributed by atoms with Crippen LogP contribution >= 0.6 is 0 Å². The third kappa shape index (κ3) is 4.92. The minimum atomic E-state index is -0.0210. The summed E-state index contributed by atoms with van der Waals surface area (Å²) in [5, 5.41) is 6.89.